The quantitative estimate of drug-likeness (QED) is 0.208. The lowest BCUT2D eigenvalue weighted by Gasteiger charge is -2.21. The average molecular weight is 577 g/mol. The summed E-state index contributed by atoms with van der Waals surface area (Å²) >= 11 is 1.43. The number of alkyl halides is 3. The maximum Gasteiger partial charge on any atom is 0.573 e. The van der Waals surface area contributed by atoms with Crippen molar-refractivity contribution in [1.29, 1.82) is 0 Å². The Balaban J connectivity index is 1.44. The molecule has 40 heavy (non-hydrogen) atoms. The average Bonchev–Trinajstić information content (AvgIpc) is 3.46. The van der Waals surface area contributed by atoms with Crippen molar-refractivity contribution in [3.8, 4) is 16.3 Å². The monoisotopic (exact) mass is 576 g/mol. The van der Waals surface area contributed by atoms with Crippen molar-refractivity contribution in [3.05, 3.63) is 54.0 Å². The highest BCUT2D eigenvalue weighted by molar-refractivity contribution is 7.21. The Morgan fingerprint density at radius 1 is 1.10 bits per heavy atom. The van der Waals surface area contributed by atoms with Crippen molar-refractivity contribution >= 4 is 33.3 Å². The summed E-state index contributed by atoms with van der Waals surface area (Å²) in [5, 5.41) is 37.5. The van der Waals surface area contributed by atoms with E-state index in [1.165, 1.54) is 35.6 Å². The Morgan fingerprint density at radius 2 is 1.85 bits per heavy atom. The van der Waals surface area contributed by atoms with E-state index in [-0.39, 0.29) is 24.3 Å². The number of aliphatic hydroxyl groups is 3. The zero-order valence-corrected chi connectivity index (χ0v) is 22.2. The molecule has 1 aliphatic carbocycles. The van der Waals surface area contributed by atoms with Gasteiger partial charge in [-0.2, -0.15) is 4.98 Å². The third-order valence-electron chi connectivity index (χ3n) is 6.83. The smallest absolute Gasteiger partial charge is 0.406 e. The van der Waals surface area contributed by atoms with Crippen LogP contribution >= 0.6 is 11.3 Å². The van der Waals surface area contributed by atoms with Gasteiger partial charge in [0.15, 0.2) is 0 Å². The number of aryl methyl sites for hydroxylation is 1. The molecule has 0 aliphatic heterocycles. The standard InChI is InChI=1S/C26H27F3N6O4S/c1-12(14-3-5-16(6-4-14)39-26(27,28)29)32-25-31-10-17(24-34-20-13(2)30-8-7-19(20)40-24)23(35-25)33-18-9-15(11-36)21(37)22(18)38/h3-8,10,12,15,18,21-22,36-38H,9,11H2,1-2H3,(H2,31,32,33,35)/t12-,15-,18-,21-,22+/m1/s1. The van der Waals surface area contributed by atoms with Crippen molar-refractivity contribution in [2.45, 2.75) is 50.9 Å². The van der Waals surface area contributed by atoms with Crippen molar-refractivity contribution < 1.29 is 33.2 Å². The van der Waals surface area contributed by atoms with Crippen LogP contribution in [0.2, 0.25) is 0 Å². The minimum atomic E-state index is -4.77. The lowest BCUT2D eigenvalue weighted by Crippen LogP contribution is -2.35. The summed E-state index contributed by atoms with van der Waals surface area (Å²) in [6.45, 7) is 3.40. The molecule has 5 atom stereocenters. The van der Waals surface area contributed by atoms with Gasteiger partial charge in [-0.3, -0.25) is 4.98 Å². The largest absolute Gasteiger partial charge is 0.573 e. The SMILES string of the molecule is Cc1nccc2sc(-c3cnc(N[C@H](C)c4ccc(OC(F)(F)F)cc4)nc3N[C@@H]3C[C@H](CO)[C@@H](O)[C@H]3O)nc12. The number of aliphatic hydroxyl groups excluding tert-OH is 3. The number of ether oxygens (including phenoxy) is 1. The molecule has 0 bridgehead atoms. The van der Waals surface area contributed by atoms with E-state index in [2.05, 4.69) is 30.3 Å². The van der Waals surface area contributed by atoms with E-state index in [1.807, 2.05) is 13.0 Å². The van der Waals surface area contributed by atoms with Gasteiger partial charge in [0.25, 0.3) is 0 Å². The van der Waals surface area contributed by atoms with E-state index in [0.717, 1.165) is 15.9 Å². The lowest BCUT2D eigenvalue weighted by atomic mass is 10.1. The molecule has 0 amide bonds. The van der Waals surface area contributed by atoms with Gasteiger partial charge < -0.3 is 30.7 Å². The van der Waals surface area contributed by atoms with Crippen LogP contribution in [0.4, 0.5) is 24.9 Å². The van der Waals surface area contributed by atoms with Crippen LogP contribution in [-0.2, 0) is 0 Å². The van der Waals surface area contributed by atoms with E-state index in [4.69, 9.17) is 4.98 Å². The highest BCUT2D eigenvalue weighted by Crippen LogP contribution is 2.37. The van der Waals surface area contributed by atoms with Gasteiger partial charge in [0, 0.05) is 24.9 Å². The fourth-order valence-corrected chi connectivity index (χ4v) is 5.70. The highest BCUT2D eigenvalue weighted by Gasteiger charge is 2.41. The van der Waals surface area contributed by atoms with E-state index in [0.29, 0.717) is 28.4 Å². The second-order valence-electron chi connectivity index (χ2n) is 9.61. The molecule has 3 heterocycles. The Labute approximate surface area is 230 Å². The fraction of sp³-hybridized carbons (Fsp3) is 0.385. The molecule has 14 heteroatoms. The number of pyridine rings is 1. The first kappa shape index (κ1) is 28.0. The Kier molecular flexibility index (Phi) is 7.77. The highest BCUT2D eigenvalue weighted by atomic mass is 32.1. The Bertz CT molecular complexity index is 1490. The van der Waals surface area contributed by atoms with Crippen LogP contribution in [0.25, 0.3) is 20.8 Å². The number of rotatable bonds is 8. The van der Waals surface area contributed by atoms with Gasteiger partial charge in [-0.25, -0.2) is 9.97 Å². The Morgan fingerprint density at radius 3 is 2.50 bits per heavy atom. The summed E-state index contributed by atoms with van der Waals surface area (Å²) in [5.74, 6) is -0.232. The van der Waals surface area contributed by atoms with E-state index in [9.17, 15) is 28.5 Å². The maximum absolute atomic E-state index is 12.5. The molecule has 3 aromatic heterocycles. The van der Waals surface area contributed by atoms with E-state index >= 15 is 0 Å². The van der Waals surface area contributed by atoms with Crippen molar-refractivity contribution in [3.63, 3.8) is 0 Å². The Hall–Kier alpha value is -3.59. The third-order valence-corrected chi connectivity index (χ3v) is 7.88. The summed E-state index contributed by atoms with van der Waals surface area (Å²) < 4.78 is 42.3. The maximum atomic E-state index is 12.5. The molecule has 5 N–H and O–H groups in total. The van der Waals surface area contributed by atoms with Crippen LogP contribution in [-0.4, -0.2) is 66.5 Å². The van der Waals surface area contributed by atoms with Crippen LogP contribution in [0.15, 0.2) is 42.7 Å². The van der Waals surface area contributed by atoms with Gasteiger partial charge in [-0.15, -0.1) is 24.5 Å². The number of fused-ring (bicyclic) bond motifs is 1. The summed E-state index contributed by atoms with van der Waals surface area (Å²) in [7, 11) is 0. The van der Waals surface area contributed by atoms with E-state index < -0.39 is 30.5 Å². The van der Waals surface area contributed by atoms with Gasteiger partial charge >= 0.3 is 6.36 Å². The minimum Gasteiger partial charge on any atom is -0.406 e. The molecule has 212 valence electrons. The van der Waals surface area contributed by atoms with E-state index in [1.54, 1.807) is 19.3 Å². The molecule has 1 fully saturated rings. The van der Waals surface area contributed by atoms with Gasteiger partial charge in [0.05, 0.1) is 34.1 Å². The molecule has 1 saturated carbocycles. The molecule has 5 rings (SSSR count). The first-order chi connectivity index (χ1) is 19.0. The predicted octanol–water partition coefficient (Wildman–Crippen LogP) is 4.04. The van der Waals surface area contributed by atoms with Crippen LogP contribution in [0.1, 0.15) is 30.6 Å². The zero-order chi connectivity index (χ0) is 28.6. The zero-order valence-electron chi connectivity index (χ0n) is 21.4. The first-order valence-electron chi connectivity index (χ1n) is 12.5. The number of thiazole rings is 1. The summed E-state index contributed by atoms with van der Waals surface area (Å²) in [6.07, 6.45) is -3.39. The van der Waals surface area contributed by atoms with Gasteiger partial charge in [0.1, 0.15) is 28.2 Å². The number of nitrogens with one attached hydrogen (secondary N) is 2. The molecule has 0 spiro atoms. The summed E-state index contributed by atoms with van der Waals surface area (Å²) in [6, 6.07) is 6.36. The van der Waals surface area contributed by atoms with Gasteiger partial charge in [-0.1, -0.05) is 12.1 Å². The number of hydrogen-bond donors (Lipinski definition) is 5. The molecular weight excluding hydrogens is 549 g/mol. The predicted molar refractivity (Wildman–Crippen MR) is 143 cm³/mol. The van der Waals surface area contributed by atoms with Gasteiger partial charge in [0.2, 0.25) is 5.95 Å². The third kappa shape index (κ3) is 5.94. The second kappa shape index (κ2) is 11.1. The molecule has 4 aromatic rings. The van der Waals surface area contributed by atoms with Crippen molar-refractivity contribution in [2.75, 3.05) is 17.2 Å². The molecular formula is C26H27F3N6O4S. The second-order valence-corrected chi connectivity index (χ2v) is 10.6. The molecule has 0 unspecified atom stereocenters. The minimum absolute atomic E-state index is 0.222. The topological polar surface area (TPSA) is 146 Å². The van der Waals surface area contributed by atoms with Gasteiger partial charge in [-0.05, 0) is 44.0 Å². The number of nitrogens with zero attached hydrogens (tertiary/aromatic N) is 4. The molecule has 1 aliphatic rings. The molecule has 1 aromatic carbocycles. The van der Waals surface area contributed by atoms with Crippen LogP contribution in [0.3, 0.4) is 0 Å². The number of halogens is 3. The van der Waals surface area contributed by atoms with Crippen molar-refractivity contribution in [2.24, 2.45) is 5.92 Å². The number of hydrogen-bond acceptors (Lipinski definition) is 11. The number of aromatic nitrogens is 4. The summed E-state index contributed by atoms with van der Waals surface area (Å²) in [4.78, 5) is 18.1. The normalized spacial score (nSPS) is 21.9. The van der Waals surface area contributed by atoms with Crippen molar-refractivity contribution in [1.82, 2.24) is 19.9 Å². The molecule has 10 nitrogen and oxygen atoms in total. The van der Waals surface area contributed by atoms with Crippen LogP contribution in [0.5, 0.6) is 5.75 Å². The first-order valence-corrected chi connectivity index (χ1v) is 13.3. The van der Waals surface area contributed by atoms with Crippen LogP contribution in [0, 0.1) is 12.8 Å². The number of benzene rings is 1. The molecule has 0 radical (unpaired) electrons. The number of anilines is 2. The molecule has 0 saturated heterocycles. The fourth-order valence-electron chi connectivity index (χ4n) is 4.67. The summed E-state index contributed by atoms with van der Waals surface area (Å²) in [5.41, 5.74) is 2.76. The lowest BCUT2D eigenvalue weighted by molar-refractivity contribution is -0.274. The van der Waals surface area contributed by atoms with Crippen LogP contribution < -0.4 is 15.4 Å².